The van der Waals surface area contributed by atoms with Crippen LogP contribution in [0, 0.1) is 18.3 Å². The van der Waals surface area contributed by atoms with Crippen molar-refractivity contribution >= 4 is 11.6 Å². The number of fused-ring (bicyclic) bond motifs is 1. The third-order valence-electron chi connectivity index (χ3n) is 4.96. The summed E-state index contributed by atoms with van der Waals surface area (Å²) in [4.78, 5) is 0. The number of hydrogen-bond donors (Lipinski definition) is 2. The Labute approximate surface area is 178 Å². The van der Waals surface area contributed by atoms with E-state index in [-0.39, 0.29) is 5.88 Å². The van der Waals surface area contributed by atoms with E-state index in [2.05, 4.69) is 16.3 Å². The molecule has 0 amide bonds. The van der Waals surface area contributed by atoms with E-state index >= 15 is 0 Å². The van der Waals surface area contributed by atoms with Gasteiger partial charge >= 0.3 is 0 Å². The van der Waals surface area contributed by atoms with Gasteiger partial charge in [0.2, 0.25) is 11.8 Å². The second-order valence-corrected chi connectivity index (χ2v) is 7.25. The lowest BCUT2D eigenvalue weighted by Crippen LogP contribution is -2.21. The van der Waals surface area contributed by atoms with Gasteiger partial charge in [-0.05, 0) is 42.3 Å². The molecular formula is C22H19ClN4O3. The molecule has 0 saturated carbocycles. The molecule has 2 aromatic carbocycles. The number of allylic oxidation sites excluding steroid dienone is 1. The molecule has 8 heteroatoms. The maximum absolute atomic E-state index is 9.69. The van der Waals surface area contributed by atoms with Crippen LogP contribution in [0.25, 0.3) is 0 Å². The molecule has 0 spiro atoms. The summed E-state index contributed by atoms with van der Waals surface area (Å²) in [6.45, 7) is 2.24. The standard InChI is InChI=1S/C22H19ClN4O3/c1-12-19-20(16(10-24)21(25)30-22(19)27-26-12)14-5-8-17(18(9-14)28-2)29-11-13-3-6-15(23)7-4-13/h3-9,20H,11,25H2,1-2H3,(H,26,27). The van der Waals surface area contributed by atoms with Gasteiger partial charge in [-0.2, -0.15) is 5.26 Å². The lowest BCUT2D eigenvalue weighted by molar-refractivity contribution is 0.284. The van der Waals surface area contributed by atoms with Crippen LogP contribution in [-0.2, 0) is 6.61 Å². The lowest BCUT2D eigenvalue weighted by atomic mass is 9.84. The zero-order chi connectivity index (χ0) is 21.3. The molecule has 3 N–H and O–H groups in total. The third-order valence-corrected chi connectivity index (χ3v) is 5.21. The maximum Gasteiger partial charge on any atom is 0.244 e. The minimum atomic E-state index is -0.420. The molecule has 7 nitrogen and oxygen atoms in total. The SMILES string of the molecule is COc1cc(C2C(C#N)=C(N)Oc3n[nH]c(C)c32)ccc1OCc1ccc(Cl)cc1. The molecule has 3 aromatic rings. The number of halogens is 1. The van der Waals surface area contributed by atoms with Crippen molar-refractivity contribution in [2.24, 2.45) is 5.73 Å². The van der Waals surface area contributed by atoms with Crippen LogP contribution in [0.2, 0.25) is 5.02 Å². The van der Waals surface area contributed by atoms with E-state index in [4.69, 9.17) is 31.5 Å². The Balaban J connectivity index is 1.68. The molecule has 1 aliphatic heterocycles. The van der Waals surface area contributed by atoms with Crippen LogP contribution in [0.5, 0.6) is 17.4 Å². The number of ether oxygens (including phenoxy) is 3. The Hall–Kier alpha value is -3.63. The minimum Gasteiger partial charge on any atom is -0.493 e. The Morgan fingerprint density at radius 2 is 2.00 bits per heavy atom. The summed E-state index contributed by atoms with van der Waals surface area (Å²) < 4.78 is 17.0. The molecule has 0 fully saturated rings. The van der Waals surface area contributed by atoms with Crippen LogP contribution < -0.4 is 19.9 Å². The van der Waals surface area contributed by atoms with Crippen molar-refractivity contribution in [3.05, 3.63) is 81.3 Å². The number of aromatic amines is 1. The van der Waals surface area contributed by atoms with Gasteiger partial charge in [0.05, 0.1) is 13.0 Å². The molecule has 0 bridgehead atoms. The summed E-state index contributed by atoms with van der Waals surface area (Å²) in [7, 11) is 1.57. The Morgan fingerprint density at radius 3 is 2.70 bits per heavy atom. The van der Waals surface area contributed by atoms with Gasteiger partial charge in [-0.3, -0.25) is 5.10 Å². The molecule has 4 rings (SSSR count). The second kappa shape index (κ2) is 8.01. The van der Waals surface area contributed by atoms with E-state index in [0.717, 1.165) is 22.4 Å². The second-order valence-electron chi connectivity index (χ2n) is 6.82. The van der Waals surface area contributed by atoms with Gasteiger partial charge < -0.3 is 19.9 Å². The fourth-order valence-corrected chi connectivity index (χ4v) is 3.58. The highest BCUT2D eigenvalue weighted by Gasteiger charge is 2.34. The first kappa shape index (κ1) is 19.7. The lowest BCUT2D eigenvalue weighted by Gasteiger charge is -2.24. The number of nitrogens with zero attached hydrogens (tertiary/aromatic N) is 2. The summed E-state index contributed by atoms with van der Waals surface area (Å²) >= 11 is 5.93. The van der Waals surface area contributed by atoms with Gasteiger partial charge in [0.1, 0.15) is 18.2 Å². The Morgan fingerprint density at radius 1 is 1.23 bits per heavy atom. The number of benzene rings is 2. The first-order valence-electron chi connectivity index (χ1n) is 9.19. The largest absolute Gasteiger partial charge is 0.493 e. The molecule has 1 atom stereocenters. The van der Waals surface area contributed by atoms with Crippen LogP contribution in [0.15, 0.2) is 53.9 Å². The van der Waals surface area contributed by atoms with Crippen LogP contribution >= 0.6 is 11.6 Å². The predicted molar refractivity (Wildman–Crippen MR) is 111 cm³/mol. The van der Waals surface area contributed by atoms with Crippen LogP contribution in [-0.4, -0.2) is 17.3 Å². The molecule has 2 heterocycles. The topological polar surface area (TPSA) is 106 Å². The molecular weight excluding hydrogens is 404 g/mol. The first-order valence-corrected chi connectivity index (χ1v) is 9.57. The van der Waals surface area contributed by atoms with Crippen molar-refractivity contribution in [2.75, 3.05) is 7.11 Å². The van der Waals surface area contributed by atoms with Gasteiger partial charge in [-0.15, -0.1) is 5.10 Å². The van der Waals surface area contributed by atoms with Crippen LogP contribution in [0.4, 0.5) is 0 Å². The van der Waals surface area contributed by atoms with E-state index in [1.807, 2.05) is 49.4 Å². The monoisotopic (exact) mass is 422 g/mol. The highest BCUT2D eigenvalue weighted by atomic mass is 35.5. The van der Waals surface area contributed by atoms with E-state index < -0.39 is 5.92 Å². The summed E-state index contributed by atoms with van der Waals surface area (Å²) in [6.07, 6.45) is 0. The van der Waals surface area contributed by atoms with E-state index in [9.17, 15) is 5.26 Å². The zero-order valence-electron chi connectivity index (χ0n) is 16.4. The third kappa shape index (κ3) is 3.53. The molecule has 1 unspecified atom stereocenters. The maximum atomic E-state index is 9.69. The summed E-state index contributed by atoms with van der Waals surface area (Å²) in [5.74, 6) is 1.13. The normalized spacial score (nSPS) is 15.2. The molecule has 0 radical (unpaired) electrons. The molecule has 30 heavy (non-hydrogen) atoms. The average molecular weight is 423 g/mol. The van der Waals surface area contributed by atoms with Crippen molar-refractivity contribution in [3.63, 3.8) is 0 Å². The summed E-state index contributed by atoms with van der Waals surface area (Å²) in [5.41, 5.74) is 9.68. The number of aromatic nitrogens is 2. The molecule has 152 valence electrons. The minimum absolute atomic E-state index is 0.0449. The Bertz CT molecular complexity index is 1160. The summed E-state index contributed by atoms with van der Waals surface area (Å²) in [5, 5.41) is 17.4. The number of hydrogen-bond acceptors (Lipinski definition) is 6. The predicted octanol–water partition coefficient (Wildman–Crippen LogP) is 4.18. The van der Waals surface area contributed by atoms with Crippen molar-refractivity contribution in [3.8, 4) is 23.4 Å². The van der Waals surface area contributed by atoms with Gasteiger partial charge in [0, 0.05) is 16.3 Å². The fraction of sp³-hybridized carbons (Fsp3) is 0.182. The number of methoxy groups -OCH3 is 1. The van der Waals surface area contributed by atoms with Gasteiger partial charge in [0.15, 0.2) is 11.5 Å². The molecule has 0 aliphatic carbocycles. The summed E-state index contributed by atoms with van der Waals surface area (Å²) in [6, 6.07) is 15.2. The van der Waals surface area contributed by atoms with Crippen LogP contribution in [0.1, 0.15) is 28.3 Å². The number of rotatable bonds is 5. The van der Waals surface area contributed by atoms with Crippen molar-refractivity contribution < 1.29 is 14.2 Å². The van der Waals surface area contributed by atoms with Gasteiger partial charge in [-0.25, -0.2) is 0 Å². The number of nitriles is 1. The van der Waals surface area contributed by atoms with Crippen molar-refractivity contribution in [1.82, 2.24) is 10.2 Å². The average Bonchev–Trinajstić information content (AvgIpc) is 3.12. The smallest absolute Gasteiger partial charge is 0.244 e. The van der Waals surface area contributed by atoms with Crippen molar-refractivity contribution in [1.29, 1.82) is 5.26 Å². The van der Waals surface area contributed by atoms with E-state index in [1.54, 1.807) is 7.11 Å². The highest BCUT2D eigenvalue weighted by Crippen LogP contribution is 2.44. The quantitative estimate of drug-likeness (QED) is 0.638. The number of aryl methyl sites for hydroxylation is 1. The number of nitrogens with one attached hydrogen (secondary N) is 1. The number of H-pyrrole nitrogens is 1. The molecule has 1 aromatic heterocycles. The van der Waals surface area contributed by atoms with Gasteiger partial charge in [0.25, 0.3) is 0 Å². The van der Waals surface area contributed by atoms with Crippen molar-refractivity contribution in [2.45, 2.75) is 19.4 Å². The zero-order valence-corrected chi connectivity index (χ0v) is 17.2. The highest BCUT2D eigenvalue weighted by molar-refractivity contribution is 6.30. The molecule has 0 saturated heterocycles. The van der Waals surface area contributed by atoms with Gasteiger partial charge in [-0.1, -0.05) is 29.8 Å². The van der Waals surface area contributed by atoms with E-state index in [1.165, 1.54) is 0 Å². The number of nitrogens with two attached hydrogens (primary N) is 1. The molecule has 1 aliphatic rings. The van der Waals surface area contributed by atoms with Crippen LogP contribution in [0.3, 0.4) is 0 Å². The Kier molecular flexibility index (Phi) is 5.25. The van der Waals surface area contributed by atoms with E-state index in [0.29, 0.717) is 34.6 Å². The fourth-order valence-electron chi connectivity index (χ4n) is 3.46. The first-order chi connectivity index (χ1) is 14.5.